The van der Waals surface area contributed by atoms with Crippen molar-refractivity contribution in [2.75, 3.05) is 0 Å². The largest absolute Gasteiger partial charge is 0.410 e. The summed E-state index contributed by atoms with van der Waals surface area (Å²) in [5.74, 6) is -0.557. The first-order valence-corrected chi connectivity index (χ1v) is 9.72. The van der Waals surface area contributed by atoms with Gasteiger partial charge in [-0.05, 0) is 25.1 Å². The zero-order chi connectivity index (χ0) is 15.7. The van der Waals surface area contributed by atoms with Crippen molar-refractivity contribution in [2.24, 2.45) is 0 Å². The molecular formula is C13H21ClF2N2OSi. The van der Waals surface area contributed by atoms with Crippen molar-refractivity contribution >= 4 is 19.9 Å². The quantitative estimate of drug-likeness (QED) is 0.568. The lowest BCUT2D eigenvalue weighted by molar-refractivity contribution is 0.139. The van der Waals surface area contributed by atoms with Crippen LogP contribution < -0.4 is 0 Å². The Balaban J connectivity index is 2.96. The Morgan fingerprint density at radius 1 is 1.30 bits per heavy atom. The van der Waals surface area contributed by atoms with E-state index in [2.05, 4.69) is 43.8 Å². The van der Waals surface area contributed by atoms with Crippen LogP contribution in [0.5, 0.6) is 0 Å². The van der Waals surface area contributed by atoms with Gasteiger partial charge in [0.15, 0.2) is 14.1 Å². The zero-order valence-corrected chi connectivity index (χ0v) is 14.4. The number of alkyl halides is 2. The minimum absolute atomic E-state index is 0.0292. The van der Waals surface area contributed by atoms with Crippen LogP contribution in [0.25, 0.3) is 0 Å². The van der Waals surface area contributed by atoms with E-state index < -0.39 is 20.6 Å². The average molecular weight is 323 g/mol. The second-order valence-corrected chi connectivity index (χ2v) is 11.4. The highest BCUT2D eigenvalue weighted by molar-refractivity contribution is 6.74. The first kappa shape index (κ1) is 17.5. The summed E-state index contributed by atoms with van der Waals surface area (Å²) in [6.45, 7) is 12.5. The Labute approximate surface area is 124 Å². The number of hydrogen-bond donors (Lipinski definition) is 0. The van der Waals surface area contributed by atoms with Crippen LogP contribution in [-0.2, 0) is 4.43 Å². The van der Waals surface area contributed by atoms with Crippen LogP contribution in [0.4, 0.5) is 8.78 Å². The topological polar surface area (TPSA) is 35.0 Å². The summed E-state index contributed by atoms with van der Waals surface area (Å²) in [5, 5.41) is 0.0823. The van der Waals surface area contributed by atoms with Crippen molar-refractivity contribution < 1.29 is 13.2 Å². The summed E-state index contributed by atoms with van der Waals surface area (Å²) >= 11 is 5.96. The third-order valence-electron chi connectivity index (χ3n) is 3.70. The molecule has 0 aliphatic heterocycles. The maximum Gasteiger partial charge on any atom is 0.297 e. The van der Waals surface area contributed by atoms with Crippen LogP contribution in [0.3, 0.4) is 0 Å². The number of rotatable bonds is 4. The second kappa shape index (κ2) is 6.03. The summed E-state index contributed by atoms with van der Waals surface area (Å²) < 4.78 is 31.2. The minimum Gasteiger partial charge on any atom is -0.410 e. The molecule has 1 heterocycles. The molecule has 0 spiro atoms. The van der Waals surface area contributed by atoms with Gasteiger partial charge in [0.2, 0.25) is 0 Å². The monoisotopic (exact) mass is 322 g/mol. The molecule has 0 aliphatic carbocycles. The predicted octanol–water partition coefficient (Wildman–Crippen LogP) is 5.15. The van der Waals surface area contributed by atoms with E-state index in [1.54, 1.807) is 0 Å². The van der Waals surface area contributed by atoms with Gasteiger partial charge < -0.3 is 4.43 Å². The predicted molar refractivity (Wildman–Crippen MR) is 78.7 cm³/mol. The normalized spacial score (nSPS) is 14.7. The van der Waals surface area contributed by atoms with Crippen LogP contribution in [0.15, 0.2) is 6.20 Å². The van der Waals surface area contributed by atoms with Crippen molar-refractivity contribution in [3.05, 3.63) is 22.7 Å². The molecule has 0 fully saturated rings. The maximum atomic E-state index is 12.5. The Bertz CT molecular complexity index is 478. The molecule has 0 bridgehead atoms. The van der Waals surface area contributed by atoms with Crippen LogP contribution in [-0.4, -0.2) is 18.3 Å². The molecule has 0 saturated carbocycles. The number of nitrogens with zero attached hydrogens (tertiary/aromatic N) is 2. The molecule has 0 aromatic carbocycles. The summed E-state index contributed by atoms with van der Waals surface area (Å²) in [4.78, 5) is 7.27. The third kappa shape index (κ3) is 3.96. The van der Waals surface area contributed by atoms with Gasteiger partial charge in [-0.1, -0.05) is 32.4 Å². The molecule has 20 heavy (non-hydrogen) atoms. The number of halogens is 3. The molecule has 1 aromatic rings. The Hall–Kier alpha value is -0.593. The summed E-state index contributed by atoms with van der Waals surface area (Å²) in [6, 6.07) is 0. The summed E-state index contributed by atoms with van der Waals surface area (Å²) in [5.41, 5.74) is 0.542. The van der Waals surface area contributed by atoms with E-state index in [9.17, 15) is 8.78 Å². The van der Waals surface area contributed by atoms with Crippen molar-refractivity contribution in [1.29, 1.82) is 0 Å². The standard InChI is InChI=1S/C13H21ClF2N2OSi/c1-8(19-20(5,6)13(2,3)4)9-7-17-12(11(15)16)18-10(9)14/h7-8,11H,1-6H3. The maximum absolute atomic E-state index is 12.5. The molecule has 1 rings (SSSR count). The van der Waals surface area contributed by atoms with E-state index in [0.717, 1.165) is 0 Å². The number of aromatic nitrogens is 2. The molecule has 0 saturated heterocycles. The van der Waals surface area contributed by atoms with Crippen molar-refractivity contribution in [3.63, 3.8) is 0 Å². The molecule has 1 unspecified atom stereocenters. The van der Waals surface area contributed by atoms with Gasteiger partial charge in [0.1, 0.15) is 5.15 Å². The van der Waals surface area contributed by atoms with E-state index in [1.807, 2.05) is 6.92 Å². The number of hydrogen-bond acceptors (Lipinski definition) is 3. The van der Waals surface area contributed by atoms with E-state index in [1.165, 1.54) is 6.20 Å². The second-order valence-electron chi connectivity index (χ2n) is 6.30. The lowest BCUT2D eigenvalue weighted by Crippen LogP contribution is -2.41. The van der Waals surface area contributed by atoms with Gasteiger partial charge in [-0.15, -0.1) is 0 Å². The molecule has 0 radical (unpaired) electrons. The van der Waals surface area contributed by atoms with Gasteiger partial charge in [0.25, 0.3) is 6.43 Å². The summed E-state index contributed by atoms with van der Waals surface area (Å²) in [7, 11) is -1.97. The molecule has 0 amide bonds. The SMILES string of the molecule is CC(O[Si](C)(C)C(C)(C)C)c1cnc(C(F)F)nc1Cl. The Kier molecular flexibility index (Phi) is 5.27. The summed E-state index contributed by atoms with van der Waals surface area (Å²) in [6.07, 6.45) is -1.72. The van der Waals surface area contributed by atoms with Crippen molar-refractivity contribution in [1.82, 2.24) is 9.97 Å². The highest BCUT2D eigenvalue weighted by Crippen LogP contribution is 2.40. The highest BCUT2D eigenvalue weighted by atomic mass is 35.5. The fraction of sp³-hybridized carbons (Fsp3) is 0.692. The van der Waals surface area contributed by atoms with Crippen molar-refractivity contribution in [2.45, 2.75) is 58.4 Å². The van der Waals surface area contributed by atoms with Gasteiger partial charge in [0, 0.05) is 11.8 Å². The third-order valence-corrected chi connectivity index (χ3v) is 8.56. The Morgan fingerprint density at radius 2 is 1.85 bits per heavy atom. The van der Waals surface area contributed by atoms with Crippen LogP contribution >= 0.6 is 11.6 Å². The average Bonchev–Trinajstić information content (AvgIpc) is 2.26. The molecule has 3 nitrogen and oxygen atoms in total. The molecule has 0 aliphatic rings. The smallest absolute Gasteiger partial charge is 0.297 e. The molecule has 114 valence electrons. The van der Waals surface area contributed by atoms with Gasteiger partial charge in [-0.25, -0.2) is 18.7 Å². The van der Waals surface area contributed by atoms with Crippen LogP contribution in [0.2, 0.25) is 23.3 Å². The van der Waals surface area contributed by atoms with E-state index >= 15 is 0 Å². The van der Waals surface area contributed by atoms with Gasteiger partial charge in [-0.2, -0.15) is 0 Å². The van der Waals surface area contributed by atoms with Crippen molar-refractivity contribution in [3.8, 4) is 0 Å². The fourth-order valence-electron chi connectivity index (χ4n) is 1.44. The zero-order valence-electron chi connectivity index (χ0n) is 12.7. The van der Waals surface area contributed by atoms with E-state index in [-0.39, 0.29) is 16.3 Å². The molecular weight excluding hydrogens is 302 g/mol. The van der Waals surface area contributed by atoms with Gasteiger partial charge in [-0.3, -0.25) is 0 Å². The van der Waals surface area contributed by atoms with Gasteiger partial charge in [0.05, 0.1) is 6.10 Å². The lowest BCUT2D eigenvalue weighted by atomic mass is 10.2. The molecule has 7 heteroatoms. The lowest BCUT2D eigenvalue weighted by Gasteiger charge is -2.38. The molecule has 1 atom stereocenters. The first-order chi connectivity index (χ1) is 8.95. The van der Waals surface area contributed by atoms with Crippen LogP contribution in [0, 0.1) is 0 Å². The molecule has 1 aromatic heterocycles. The van der Waals surface area contributed by atoms with E-state index in [4.69, 9.17) is 16.0 Å². The first-order valence-electron chi connectivity index (χ1n) is 6.44. The fourth-order valence-corrected chi connectivity index (χ4v) is 3.10. The minimum atomic E-state index is -2.72. The highest BCUT2D eigenvalue weighted by Gasteiger charge is 2.39. The van der Waals surface area contributed by atoms with Gasteiger partial charge >= 0.3 is 0 Å². The van der Waals surface area contributed by atoms with Crippen LogP contribution in [0.1, 0.15) is 51.6 Å². The molecule has 0 N–H and O–H groups in total. The van der Waals surface area contributed by atoms with E-state index in [0.29, 0.717) is 5.56 Å². The Morgan fingerprint density at radius 3 is 2.25 bits per heavy atom.